The summed E-state index contributed by atoms with van der Waals surface area (Å²) in [4.78, 5) is 0. The van der Waals surface area contributed by atoms with Gasteiger partial charge < -0.3 is 0 Å². The van der Waals surface area contributed by atoms with E-state index in [1.807, 2.05) is 20.8 Å². The Balaban J connectivity index is -0.0000000303. The first kappa shape index (κ1) is 42.8. The van der Waals surface area contributed by atoms with Gasteiger partial charge in [-0.15, -0.1) is 0 Å². The smallest absolute Gasteiger partial charge is 0 e. The van der Waals surface area contributed by atoms with Gasteiger partial charge >= 0.3 is 65.1 Å². The SMILES string of the molecule is CCO[PH+](OCC)OCC.[C-]#[O+].[C-]#[O+].[C-]#[O+].[C-]#[O+].[C-]#[O+].[Mo]. The molecule has 118 valence electrons. The summed E-state index contributed by atoms with van der Waals surface area (Å²) in [5, 5.41) is 0. The number of hydrogen-bond acceptors (Lipinski definition) is 3. The van der Waals surface area contributed by atoms with Gasteiger partial charge in [-0.1, -0.05) is 0 Å². The standard InChI is InChI=1S/C6H16O3P.5CO.Mo/c1-4-7-10(8-5-2)9-6-3;5*1-2;/h10H,4-6H2,1-3H3;;;;;;/q+1;;;;;;. The zero-order chi connectivity index (χ0) is 17.8. The normalized spacial score (nSPS) is 5.62. The predicted molar refractivity (Wildman–Crippen MR) is 62.8 cm³/mol. The molecular weight excluding hydrogens is 387 g/mol. The van der Waals surface area contributed by atoms with Gasteiger partial charge in [-0.3, -0.25) is 0 Å². The summed E-state index contributed by atoms with van der Waals surface area (Å²) >= 11 is 0. The Kier molecular flexibility index (Phi) is 186. The van der Waals surface area contributed by atoms with Crippen LogP contribution < -0.4 is 0 Å². The van der Waals surface area contributed by atoms with E-state index < -0.39 is 8.60 Å². The van der Waals surface area contributed by atoms with Gasteiger partial charge in [-0.25, -0.2) is 0 Å². The van der Waals surface area contributed by atoms with Crippen LogP contribution >= 0.6 is 8.60 Å². The van der Waals surface area contributed by atoms with Crippen LogP contribution in [0.4, 0.5) is 0 Å². The van der Waals surface area contributed by atoms with Gasteiger partial charge in [0.2, 0.25) is 0 Å². The van der Waals surface area contributed by atoms with E-state index in [1.54, 1.807) is 0 Å². The van der Waals surface area contributed by atoms with E-state index in [4.69, 9.17) is 36.8 Å². The van der Waals surface area contributed by atoms with E-state index in [-0.39, 0.29) is 21.1 Å². The molecule has 0 rings (SSSR count). The van der Waals surface area contributed by atoms with Crippen molar-refractivity contribution in [1.82, 2.24) is 0 Å². The largest absolute Gasteiger partial charge is 0 e. The molecule has 0 radical (unpaired) electrons. The second-order valence-corrected chi connectivity index (χ2v) is 2.92. The Morgan fingerprint density at radius 3 is 0.810 bits per heavy atom. The molecule has 8 nitrogen and oxygen atoms in total. The molecule has 10 heteroatoms. The van der Waals surface area contributed by atoms with Crippen LogP contribution in [0.5, 0.6) is 0 Å². The van der Waals surface area contributed by atoms with Gasteiger partial charge in [0, 0.05) is 21.1 Å². The van der Waals surface area contributed by atoms with Gasteiger partial charge in [-0.2, -0.15) is 13.6 Å². The van der Waals surface area contributed by atoms with Crippen LogP contribution in [-0.2, 0) is 57.9 Å². The van der Waals surface area contributed by atoms with Crippen molar-refractivity contribution in [3.8, 4) is 0 Å². The van der Waals surface area contributed by atoms with E-state index in [2.05, 4.69) is 33.3 Å². The molecule has 0 saturated heterocycles. The molecule has 0 aliphatic carbocycles. The van der Waals surface area contributed by atoms with Crippen LogP contribution in [0.3, 0.4) is 0 Å². The van der Waals surface area contributed by atoms with Crippen LogP contribution in [-0.4, -0.2) is 19.8 Å². The summed E-state index contributed by atoms with van der Waals surface area (Å²) in [5.74, 6) is 0. The minimum absolute atomic E-state index is 0. The number of rotatable bonds is 6. The Morgan fingerprint density at radius 1 is 0.571 bits per heavy atom. The Morgan fingerprint density at radius 2 is 0.714 bits per heavy atom. The molecule has 0 spiro atoms. The maximum absolute atomic E-state index is 7.50. The fourth-order valence-corrected chi connectivity index (χ4v) is 1.44. The molecule has 0 saturated carbocycles. The van der Waals surface area contributed by atoms with Crippen molar-refractivity contribution in [2.24, 2.45) is 0 Å². The van der Waals surface area contributed by atoms with Crippen molar-refractivity contribution in [2.75, 3.05) is 19.8 Å². The van der Waals surface area contributed by atoms with Crippen LogP contribution in [0.15, 0.2) is 0 Å². The first-order chi connectivity index (χ1) is 9.85. The summed E-state index contributed by atoms with van der Waals surface area (Å²) in [7, 11) is -1.40. The zero-order valence-corrected chi connectivity index (χ0v) is 14.8. The maximum atomic E-state index is 7.50. The molecule has 0 aromatic carbocycles. The molecule has 0 fully saturated rings. The molecule has 0 aliphatic rings. The van der Waals surface area contributed by atoms with Crippen molar-refractivity contribution in [1.29, 1.82) is 0 Å². The number of hydrogen-bond donors (Lipinski definition) is 0. The van der Waals surface area contributed by atoms with Gasteiger partial charge in [0.05, 0.1) is 19.8 Å². The first-order valence-electron chi connectivity index (χ1n) is 4.62. The zero-order valence-electron chi connectivity index (χ0n) is 11.8. The topological polar surface area (TPSA) is 127 Å². The van der Waals surface area contributed by atoms with Crippen LogP contribution in [0.1, 0.15) is 20.8 Å². The van der Waals surface area contributed by atoms with Crippen molar-refractivity contribution >= 4 is 8.60 Å². The molecular formula is C11H16MoO8P+. The monoisotopic (exact) mass is 405 g/mol. The molecule has 0 bridgehead atoms. The summed E-state index contributed by atoms with van der Waals surface area (Å²) in [5.41, 5.74) is 0. The van der Waals surface area contributed by atoms with E-state index in [0.717, 1.165) is 0 Å². The van der Waals surface area contributed by atoms with Gasteiger partial charge in [0.25, 0.3) is 0 Å². The van der Waals surface area contributed by atoms with Crippen molar-refractivity contribution in [2.45, 2.75) is 20.8 Å². The Hall–Kier alpha value is -0.302. The maximum Gasteiger partial charge on any atom is 0 e. The average Bonchev–Trinajstić information content (AvgIpc) is 2.58. The third-order valence-corrected chi connectivity index (χ3v) is 2.36. The molecule has 0 aromatic heterocycles. The molecule has 0 heterocycles. The Bertz CT molecular complexity index is 177. The molecule has 0 amide bonds. The molecule has 0 N–H and O–H groups in total. The van der Waals surface area contributed by atoms with E-state index in [0.29, 0.717) is 19.8 Å². The minimum atomic E-state index is -1.40. The predicted octanol–water partition coefficient (Wildman–Crippen LogP) is 1.87. The third-order valence-electron chi connectivity index (χ3n) is 0.787. The quantitative estimate of drug-likeness (QED) is 0.291. The summed E-state index contributed by atoms with van der Waals surface area (Å²) < 4.78 is 53.0. The molecule has 21 heavy (non-hydrogen) atoms. The second-order valence-electron chi connectivity index (χ2n) is 1.55. The van der Waals surface area contributed by atoms with Gasteiger partial charge in [0.15, 0.2) is 0 Å². The summed E-state index contributed by atoms with van der Waals surface area (Å²) in [6, 6.07) is 0. The van der Waals surface area contributed by atoms with Crippen molar-refractivity contribution in [3.05, 3.63) is 33.3 Å². The van der Waals surface area contributed by atoms with Gasteiger partial charge in [-0.05, 0) is 20.8 Å². The van der Waals surface area contributed by atoms with Crippen LogP contribution in [0.2, 0.25) is 0 Å². The fraction of sp³-hybridized carbons (Fsp3) is 0.545. The van der Waals surface area contributed by atoms with Crippen molar-refractivity contribution < 1.29 is 57.9 Å². The second kappa shape index (κ2) is 91.0. The molecule has 0 atom stereocenters. The van der Waals surface area contributed by atoms with E-state index in [9.17, 15) is 0 Å². The third kappa shape index (κ3) is 81.5. The summed E-state index contributed by atoms with van der Waals surface area (Å²) in [6.07, 6.45) is 0. The van der Waals surface area contributed by atoms with E-state index in [1.165, 1.54) is 0 Å². The molecule has 0 unspecified atom stereocenters. The molecule has 0 aliphatic heterocycles. The van der Waals surface area contributed by atoms with Gasteiger partial charge in [0.1, 0.15) is 0 Å². The molecule has 0 aromatic rings. The van der Waals surface area contributed by atoms with Crippen LogP contribution in [0, 0.1) is 33.3 Å². The summed E-state index contributed by atoms with van der Waals surface area (Å²) in [6.45, 7) is 30.3. The minimum Gasteiger partial charge on any atom is 0 e. The van der Waals surface area contributed by atoms with E-state index >= 15 is 0 Å². The first-order valence-corrected chi connectivity index (χ1v) is 5.85. The van der Waals surface area contributed by atoms with Crippen LogP contribution in [0.25, 0.3) is 0 Å². The Labute approximate surface area is 140 Å². The average molecular weight is 403 g/mol. The fourth-order valence-electron chi connectivity index (χ4n) is 0.479. The van der Waals surface area contributed by atoms with Crippen molar-refractivity contribution in [3.63, 3.8) is 0 Å².